The van der Waals surface area contributed by atoms with Gasteiger partial charge in [-0.1, -0.05) is 12.1 Å². The number of nitrogens with zero attached hydrogens (tertiary/aromatic N) is 7. The lowest BCUT2D eigenvalue weighted by Crippen LogP contribution is -2.49. The molecule has 1 amide bonds. The van der Waals surface area contributed by atoms with Crippen LogP contribution in [0.25, 0.3) is 5.69 Å². The SMILES string of the molecule is O=C(c1ccccc1-n1cnnc1)N1CCN(c2ncccn2)CC1. The first-order valence-electron chi connectivity index (χ1n) is 8.08. The van der Waals surface area contributed by atoms with Crippen molar-refractivity contribution in [2.75, 3.05) is 31.1 Å². The van der Waals surface area contributed by atoms with E-state index < -0.39 is 0 Å². The number of anilines is 1. The molecule has 0 aliphatic carbocycles. The molecule has 1 fully saturated rings. The Morgan fingerprint density at radius 3 is 2.28 bits per heavy atom. The van der Waals surface area contributed by atoms with Gasteiger partial charge in [0.15, 0.2) is 0 Å². The van der Waals surface area contributed by atoms with Crippen molar-refractivity contribution in [1.29, 1.82) is 0 Å². The van der Waals surface area contributed by atoms with E-state index in [1.807, 2.05) is 29.2 Å². The zero-order valence-electron chi connectivity index (χ0n) is 13.6. The van der Waals surface area contributed by atoms with E-state index in [2.05, 4.69) is 25.1 Å². The maximum absolute atomic E-state index is 13.0. The summed E-state index contributed by atoms with van der Waals surface area (Å²) in [7, 11) is 0. The van der Waals surface area contributed by atoms with Crippen LogP contribution < -0.4 is 4.90 Å². The Labute approximate surface area is 144 Å². The summed E-state index contributed by atoms with van der Waals surface area (Å²) in [6.45, 7) is 2.69. The van der Waals surface area contributed by atoms with E-state index in [0.29, 0.717) is 37.7 Å². The third-order valence-corrected chi connectivity index (χ3v) is 4.23. The van der Waals surface area contributed by atoms with Crippen LogP contribution in [0.3, 0.4) is 0 Å². The fourth-order valence-corrected chi connectivity index (χ4v) is 2.94. The highest BCUT2D eigenvalue weighted by Crippen LogP contribution is 2.18. The van der Waals surface area contributed by atoms with Gasteiger partial charge in [0.2, 0.25) is 5.95 Å². The molecule has 1 aromatic carbocycles. The van der Waals surface area contributed by atoms with Gasteiger partial charge in [-0.25, -0.2) is 9.97 Å². The van der Waals surface area contributed by atoms with Gasteiger partial charge < -0.3 is 9.80 Å². The molecule has 0 radical (unpaired) electrons. The van der Waals surface area contributed by atoms with Crippen molar-refractivity contribution in [3.05, 3.63) is 60.9 Å². The molecule has 0 atom stereocenters. The maximum Gasteiger partial charge on any atom is 0.256 e. The molecule has 0 saturated carbocycles. The van der Waals surface area contributed by atoms with Crippen molar-refractivity contribution < 1.29 is 4.79 Å². The first kappa shape index (κ1) is 15.3. The second-order valence-electron chi connectivity index (χ2n) is 5.71. The molecule has 0 spiro atoms. The molecule has 2 aromatic heterocycles. The molecule has 8 heteroatoms. The third-order valence-electron chi connectivity index (χ3n) is 4.23. The molecule has 1 aliphatic rings. The Morgan fingerprint density at radius 2 is 1.56 bits per heavy atom. The zero-order valence-corrected chi connectivity index (χ0v) is 13.6. The van der Waals surface area contributed by atoms with Gasteiger partial charge in [0.05, 0.1) is 11.3 Å². The Morgan fingerprint density at radius 1 is 0.880 bits per heavy atom. The molecule has 0 N–H and O–H groups in total. The van der Waals surface area contributed by atoms with Crippen LogP contribution in [0.15, 0.2) is 55.4 Å². The molecule has 126 valence electrons. The van der Waals surface area contributed by atoms with Crippen LogP contribution in [-0.4, -0.2) is 61.7 Å². The van der Waals surface area contributed by atoms with Gasteiger partial charge in [-0.05, 0) is 18.2 Å². The van der Waals surface area contributed by atoms with Crippen LogP contribution in [0.2, 0.25) is 0 Å². The first-order valence-corrected chi connectivity index (χ1v) is 8.08. The maximum atomic E-state index is 13.0. The lowest BCUT2D eigenvalue weighted by molar-refractivity contribution is 0.0746. The van der Waals surface area contributed by atoms with Crippen molar-refractivity contribution in [3.63, 3.8) is 0 Å². The minimum Gasteiger partial charge on any atom is -0.337 e. The highest BCUT2D eigenvalue weighted by atomic mass is 16.2. The summed E-state index contributed by atoms with van der Waals surface area (Å²) in [5.41, 5.74) is 1.43. The molecular weight excluding hydrogens is 318 g/mol. The predicted octanol–water partition coefficient (Wildman–Crippen LogP) is 1.02. The van der Waals surface area contributed by atoms with Gasteiger partial charge in [-0.3, -0.25) is 9.36 Å². The quantitative estimate of drug-likeness (QED) is 0.711. The Hall–Kier alpha value is -3.29. The molecule has 8 nitrogen and oxygen atoms in total. The summed E-state index contributed by atoms with van der Waals surface area (Å²) in [5.74, 6) is 0.720. The summed E-state index contributed by atoms with van der Waals surface area (Å²) in [6.07, 6.45) is 6.65. The topological polar surface area (TPSA) is 80.0 Å². The standard InChI is InChI=1S/C17H17N7O/c25-16(14-4-1-2-5-15(14)24-12-20-21-13-24)22-8-10-23(11-9-22)17-18-6-3-7-19-17/h1-7,12-13H,8-11H2. The first-order chi connectivity index (χ1) is 12.3. The van der Waals surface area contributed by atoms with E-state index in [0.717, 1.165) is 5.69 Å². The highest BCUT2D eigenvalue weighted by Gasteiger charge is 2.25. The van der Waals surface area contributed by atoms with Crippen molar-refractivity contribution in [2.24, 2.45) is 0 Å². The van der Waals surface area contributed by atoms with Crippen LogP contribution >= 0.6 is 0 Å². The fourth-order valence-electron chi connectivity index (χ4n) is 2.94. The number of aromatic nitrogens is 5. The van der Waals surface area contributed by atoms with Crippen LogP contribution in [0.5, 0.6) is 0 Å². The average molecular weight is 335 g/mol. The van der Waals surface area contributed by atoms with Crippen LogP contribution in [0.1, 0.15) is 10.4 Å². The number of piperazine rings is 1. The van der Waals surface area contributed by atoms with E-state index in [1.165, 1.54) is 0 Å². The number of benzene rings is 1. The summed E-state index contributed by atoms with van der Waals surface area (Å²) >= 11 is 0. The molecule has 1 saturated heterocycles. The van der Waals surface area contributed by atoms with E-state index >= 15 is 0 Å². The number of rotatable bonds is 3. The number of carbonyl (C=O) groups is 1. The van der Waals surface area contributed by atoms with Crippen molar-refractivity contribution >= 4 is 11.9 Å². The second kappa shape index (κ2) is 6.68. The molecular formula is C17H17N7O. The number of amides is 1. The largest absolute Gasteiger partial charge is 0.337 e. The molecule has 25 heavy (non-hydrogen) atoms. The minimum absolute atomic E-state index is 0.0120. The number of hydrogen-bond acceptors (Lipinski definition) is 6. The lowest BCUT2D eigenvalue weighted by Gasteiger charge is -2.35. The lowest BCUT2D eigenvalue weighted by atomic mass is 10.1. The van der Waals surface area contributed by atoms with Gasteiger partial charge in [0, 0.05) is 38.6 Å². The summed E-state index contributed by atoms with van der Waals surface area (Å²) < 4.78 is 1.75. The van der Waals surface area contributed by atoms with E-state index in [1.54, 1.807) is 35.7 Å². The van der Waals surface area contributed by atoms with Crippen LogP contribution in [0.4, 0.5) is 5.95 Å². The normalized spacial score (nSPS) is 14.6. The third kappa shape index (κ3) is 3.06. The molecule has 0 unspecified atom stereocenters. The summed E-state index contributed by atoms with van der Waals surface area (Å²) in [5, 5.41) is 7.65. The van der Waals surface area contributed by atoms with Gasteiger partial charge >= 0.3 is 0 Å². The van der Waals surface area contributed by atoms with Crippen LogP contribution in [0, 0.1) is 0 Å². The molecule has 0 bridgehead atoms. The number of carbonyl (C=O) groups excluding carboxylic acids is 1. The Balaban J connectivity index is 1.50. The molecule has 3 heterocycles. The van der Waals surface area contributed by atoms with Gasteiger partial charge in [-0.2, -0.15) is 0 Å². The smallest absolute Gasteiger partial charge is 0.256 e. The Bertz CT molecular complexity index is 842. The van der Waals surface area contributed by atoms with E-state index in [4.69, 9.17) is 0 Å². The summed E-state index contributed by atoms with van der Waals surface area (Å²) in [6, 6.07) is 9.30. The minimum atomic E-state index is 0.0120. The van der Waals surface area contributed by atoms with Crippen LogP contribution in [-0.2, 0) is 0 Å². The fraction of sp³-hybridized carbons (Fsp3) is 0.235. The van der Waals surface area contributed by atoms with Crippen molar-refractivity contribution in [3.8, 4) is 5.69 Å². The second-order valence-corrected chi connectivity index (χ2v) is 5.71. The zero-order chi connectivity index (χ0) is 17.1. The Kier molecular flexibility index (Phi) is 4.07. The predicted molar refractivity (Wildman–Crippen MR) is 91.5 cm³/mol. The van der Waals surface area contributed by atoms with E-state index in [-0.39, 0.29) is 5.91 Å². The number of para-hydroxylation sites is 1. The van der Waals surface area contributed by atoms with Crippen molar-refractivity contribution in [2.45, 2.75) is 0 Å². The monoisotopic (exact) mass is 335 g/mol. The van der Waals surface area contributed by atoms with Gasteiger partial charge in [-0.15, -0.1) is 10.2 Å². The number of hydrogen-bond donors (Lipinski definition) is 0. The molecule has 4 rings (SSSR count). The van der Waals surface area contributed by atoms with Gasteiger partial charge in [0.25, 0.3) is 5.91 Å². The van der Waals surface area contributed by atoms with Crippen molar-refractivity contribution in [1.82, 2.24) is 29.6 Å². The molecule has 1 aliphatic heterocycles. The summed E-state index contributed by atoms with van der Waals surface area (Å²) in [4.78, 5) is 25.5. The molecule has 3 aromatic rings. The van der Waals surface area contributed by atoms with Gasteiger partial charge in [0.1, 0.15) is 12.7 Å². The average Bonchev–Trinajstić information content (AvgIpc) is 3.23. The van der Waals surface area contributed by atoms with E-state index in [9.17, 15) is 4.79 Å². The highest BCUT2D eigenvalue weighted by molar-refractivity contribution is 5.98.